The van der Waals surface area contributed by atoms with Crippen molar-refractivity contribution in [3.8, 4) is 0 Å². The van der Waals surface area contributed by atoms with Crippen molar-refractivity contribution in [3.05, 3.63) is 0 Å². The molecule has 0 fully saturated rings. The van der Waals surface area contributed by atoms with E-state index in [1.54, 1.807) is 0 Å². The molecule has 92 valence electrons. The summed E-state index contributed by atoms with van der Waals surface area (Å²) >= 11 is 0. The van der Waals surface area contributed by atoms with Gasteiger partial charge in [0.25, 0.3) is 0 Å². The van der Waals surface area contributed by atoms with Gasteiger partial charge in [0.15, 0.2) is 0 Å². The van der Waals surface area contributed by atoms with Crippen LogP contribution in [0.4, 0.5) is 0 Å². The van der Waals surface area contributed by atoms with Crippen molar-refractivity contribution in [1.29, 1.82) is 0 Å². The second-order valence-electron chi connectivity index (χ2n) is 4.93. The van der Waals surface area contributed by atoms with E-state index >= 15 is 0 Å². The zero-order valence-electron chi connectivity index (χ0n) is 11.3. The fourth-order valence-electron chi connectivity index (χ4n) is 1.76. The third kappa shape index (κ3) is 8.88. The first-order valence-corrected chi connectivity index (χ1v) is 6.55. The maximum absolute atomic E-state index is 3.54. The summed E-state index contributed by atoms with van der Waals surface area (Å²) in [5, 5.41) is 3.54. The molecule has 0 heterocycles. The molecule has 15 heavy (non-hydrogen) atoms. The van der Waals surface area contributed by atoms with Gasteiger partial charge in [-0.1, -0.05) is 27.7 Å². The second-order valence-corrected chi connectivity index (χ2v) is 4.93. The molecule has 0 amide bonds. The highest BCUT2D eigenvalue weighted by atomic mass is 15.1. The van der Waals surface area contributed by atoms with Crippen molar-refractivity contribution >= 4 is 0 Å². The van der Waals surface area contributed by atoms with E-state index in [2.05, 4.69) is 44.8 Å². The highest BCUT2D eigenvalue weighted by Crippen LogP contribution is 2.01. The predicted molar refractivity (Wildman–Crippen MR) is 69.3 cm³/mol. The normalized spacial score (nSPS) is 13.8. The molecule has 0 spiro atoms. The maximum Gasteiger partial charge on any atom is 0.00508 e. The van der Waals surface area contributed by atoms with Crippen molar-refractivity contribution in [2.75, 3.05) is 26.2 Å². The van der Waals surface area contributed by atoms with Gasteiger partial charge in [-0.15, -0.1) is 0 Å². The molecule has 0 saturated heterocycles. The van der Waals surface area contributed by atoms with Crippen molar-refractivity contribution in [3.63, 3.8) is 0 Å². The fourth-order valence-corrected chi connectivity index (χ4v) is 1.76. The smallest absolute Gasteiger partial charge is 0.00508 e. The van der Waals surface area contributed by atoms with E-state index in [0.717, 1.165) is 12.5 Å². The van der Waals surface area contributed by atoms with Crippen LogP contribution >= 0.6 is 0 Å². The Morgan fingerprint density at radius 3 is 2.27 bits per heavy atom. The van der Waals surface area contributed by atoms with Gasteiger partial charge < -0.3 is 10.2 Å². The lowest BCUT2D eigenvalue weighted by Gasteiger charge is -2.24. The van der Waals surface area contributed by atoms with Crippen LogP contribution in [0.2, 0.25) is 0 Å². The molecule has 2 heteroatoms. The van der Waals surface area contributed by atoms with E-state index in [4.69, 9.17) is 0 Å². The van der Waals surface area contributed by atoms with Gasteiger partial charge in [-0.05, 0) is 45.3 Å². The Bertz CT molecular complexity index is 134. The molecule has 1 N–H and O–H groups in total. The first kappa shape index (κ1) is 14.9. The Kier molecular flexibility index (Phi) is 9.12. The molecule has 1 unspecified atom stereocenters. The summed E-state index contributed by atoms with van der Waals surface area (Å²) in [6.45, 7) is 16.1. The summed E-state index contributed by atoms with van der Waals surface area (Å²) in [4.78, 5) is 2.55. The molecular weight excluding hydrogens is 184 g/mol. The largest absolute Gasteiger partial charge is 0.314 e. The van der Waals surface area contributed by atoms with E-state index in [1.165, 1.54) is 32.5 Å². The van der Waals surface area contributed by atoms with E-state index in [9.17, 15) is 0 Å². The average Bonchev–Trinajstić information content (AvgIpc) is 2.20. The first-order chi connectivity index (χ1) is 7.10. The lowest BCUT2D eigenvalue weighted by molar-refractivity contribution is 0.243. The molecular formula is C13H30N2. The molecule has 0 aliphatic heterocycles. The van der Waals surface area contributed by atoms with Crippen molar-refractivity contribution in [1.82, 2.24) is 10.2 Å². The van der Waals surface area contributed by atoms with Crippen LogP contribution in [0.1, 0.15) is 47.5 Å². The monoisotopic (exact) mass is 214 g/mol. The second kappa shape index (κ2) is 9.17. The van der Waals surface area contributed by atoms with E-state index < -0.39 is 0 Å². The molecule has 0 aliphatic carbocycles. The lowest BCUT2D eigenvalue weighted by Crippen LogP contribution is -2.34. The van der Waals surface area contributed by atoms with Crippen LogP contribution in [0.5, 0.6) is 0 Å². The molecule has 0 aromatic rings. The molecule has 0 radical (unpaired) electrons. The van der Waals surface area contributed by atoms with Crippen molar-refractivity contribution < 1.29 is 0 Å². The molecule has 2 nitrogen and oxygen atoms in total. The van der Waals surface area contributed by atoms with Gasteiger partial charge in [0.1, 0.15) is 0 Å². The quantitative estimate of drug-likeness (QED) is 0.635. The summed E-state index contributed by atoms with van der Waals surface area (Å²) in [5.41, 5.74) is 0. The van der Waals surface area contributed by atoms with Crippen molar-refractivity contribution in [2.45, 2.75) is 53.5 Å². The van der Waals surface area contributed by atoms with E-state index in [1.807, 2.05) is 0 Å². The third-order valence-corrected chi connectivity index (χ3v) is 2.69. The van der Waals surface area contributed by atoms with Gasteiger partial charge in [0.05, 0.1) is 0 Å². The van der Waals surface area contributed by atoms with Crippen LogP contribution in [0.15, 0.2) is 0 Å². The Hall–Kier alpha value is -0.0800. The van der Waals surface area contributed by atoms with Gasteiger partial charge in [-0.2, -0.15) is 0 Å². The summed E-state index contributed by atoms with van der Waals surface area (Å²) in [6.07, 6.45) is 2.49. The summed E-state index contributed by atoms with van der Waals surface area (Å²) in [5.74, 6) is 0.781. The SMILES string of the molecule is CCCNC(C)CCN(CC)CC(C)C. The number of rotatable bonds is 9. The number of nitrogens with zero attached hydrogens (tertiary/aromatic N) is 1. The Morgan fingerprint density at radius 1 is 1.13 bits per heavy atom. The van der Waals surface area contributed by atoms with Gasteiger partial charge in [-0.25, -0.2) is 0 Å². The van der Waals surface area contributed by atoms with Gasteiger partial charge in [0.2, 0.25) is 0 Å². The molecule has 0 rings (SSSR count). The minimum atomic E-state index is 0.658. The van der Waals surface area contributed by atoms with Crippen LogP contribution in [-0.2, 0) is 0 Å². The van der Waals surface area contributed by atoms with E-state index in [0.29, 0.717) is 6.04 Å². The van der Waals surface area contributed by atoms with Crippen LogP contribution in [0.25, 0.3) is 0 Å². The number of nitrogens with one attached hydrogen (secondary N) is 1. The van der Waals surface area contributed by atoms with Crippen LogP contribution in [-0.4, -0.2) is 37.1 Å². The Balaban J connectivity index is 3.60. The predicted octanol–water partition coefficient (Wildman–Crippen LogP) is 2.74. The minimum absolute atomic E-state index is 0.658. The lowest BCUT2D eigenvalue weighted by atomic mass is 10.1. The molecule has 1 atom stereocenters. The number of hydrogen-bond acceptors (Lipinski definition) is 2. The number of hydrogen-bond donors (Lipinski definition) is 1. The maximum atomic E-state index is 3.54. The van der Waals surface area contributed by atoms with Gasteiger partial charge in [-0.3, -0.25) is 0 Å². The Labute approximate surface area is 96.4 Å². The van der Waals surface area contributed by atoms with Gasteiger partial charge in [0, 0.05) is 12.6 Å². The standard InChI is InChI=1S/C13H30N2/c1-6-9-14-13(5)8-10-15(7-2)11-12(3)4/h12-14H,6-11H2,1-5H3. The van der Waals surface area contributed by atoms with E-state index in [-0.39, 0.29) is 0 Å². The van der Waals surface area contributed by atoms with Crippen molar-refractivity contribution in [2.24, 2.45) is 5.92 Å². The average molecular weight is 214 g/mol. The van der Waals surface area contributed by atoms with Crippen LogP contribution in [0.3, 0.4) is 0 Å². The summed E-state index contributed by atoms with van der Waals surface area (Å²) < 4.78 is 0. The first-order valence-electron chi connectivity index (χ1n) is 6.55. The summed E-state index contributed by atoms with van der Waals surface area (Å²) in [6, 6.07) is 0.658. The topological polar surface area (TPSA) is 15.3 Å². The van der Waals surface area contributed by atoms with Crippen LogP contribution in [0, 0.1) is 5.92 Å². The third-order valence-electron chi connectivity index (χ3n) is 2.69. The molecule has 0 bridgehead atoms. The van der Waals surface area contributed by atoms with Crippen LogP contribution < -0.4 is 5.32 Å². The molecule has 0 aromatic heterocycles. The molecule has 0 saturated carbocycles. The summed E-state index contributed by atoms with van der Waals surface area (Å²) in [7, 11) is 0. The minimum Gasteiger partial charge on any atom is -0.314 e. The fraction of sp³-hybridized carbons (Fsp3) is 1.00. The highest BCUT2D eigenvalue weighted by Gasteiger charge is 2.07. The molecule has 0 aliphatic rings. The zero-order chi connectivity index (χ0) is 11.7. The highest BCUT2D eigenvalue weighted by molar-refractivity contribution is 4.65. The van der Waals surface area contributed by atoms with Gasteiger partial charge >= 0.3 is 0 Å². The Morgan fingerprint density at radius 2 is 1.80 bits per heavy atom. The zero-order valence-corrected chi connectivity index (χ0v) is 11.3. The molecule has 0 aromatic carbocycles.